The molecule has 0 aliphatic carbocycles. The van der Waals surface area contributed by atoms with Gasteiger partial charge < -0.3 is 15.3 Å². The van der Waals surface area contributed by atoms with Crippen LogP contribution < -0.4 is 0 Å². The number of aliphatic carboxylic acids is 1. The van der Waals surface area contributed by atoms with Crippen LogP contribution in [0.3, 0.4) is 0 Å². The molecule has 4 heteroatoms. The maximum Gasteiger partial charge on any atom is 0.303 e. The molecule has 0 aliphatic rings. The average Bonchev–Trinajstić information content (AvgIpc) is 2.54. The lowest BCUT2D eigenvalue weighted by Gasteiger charge is -2.02. The first kappa shape index (κ1) is 22.4. The smallest absolute Gasteiger partial charge is 0.303 e. The van der Waals surface area contributed by atoms with Gasteiger partial charge in [0, 0.05) is 6.42 Å². The van der Waals surface area contributed by atoms with Crippen LogP contribution in [-0.2, 0) is 4.79 Å². The van der Waals surface area contributed by atoms with Crippen molar-refractivity contribution in [3.8, 4) is 0 Å². The van der Waals surface area contributed by atoms with Gasteiger partial charge in [0.1, 0.15) is 0 Å². The minimum atomic E-state index is -0.777. The topological polar surface area (TPSA) is 77.8 Å². The lowest BCUT2D eigenvalue weighted by Crippen LogP contribution is -2.00. The molecule has 0 amide bonds. The number of rotatable bonds is 14. The Kier molecular flexibility index (Phi) is 15.1. The largest absolute Gasteiger partial charge is 0.481 e. The van der Waals surface area contributed by atoms with E-state index >= 15 is 0 Å². The SMILES string of the molecule is CCCCC[C@@H](O)/C=C/C=C\C=C\[C@H](O)C/C=C\CCCC(=O)O. The van der Waals surface area contributed by atoms with Gasteiger partial charge in [-0.3, -0.25) is 4.79 Å². The maximum atomic E-state index is 10.3. The van der Waals surface area contributed by atoms with Gasteiger partial charge in [0.15, 0.2) is 0 Å². The molecule has 0 unspecified atom stereocenters. The number of hydrogen-bond donors (Lipinski definition) is 3. The Labute approximate surface area is 145 Å². The number of carbonyl (C=O) groups is 1. The highest BCUT2D eigenvalue weighted by atomic mass is 16.4. The summed E-state index contributed by atoms with van der Waals surface area (Å²) in [4.78, 5) is 10.3. The summed E-state index contributed by atoms with van der Waals surface area (Å²) >= 11 is 0. The predicted molar refractivity (Wildman–Crippen MR) is 98.8 cm³/mol. The third-order valence-corrected chi connectivity index (χ3v) is 3.41. The standard InChI is InChI=1S/C20H32O4/c1-2-3-8-13-18(21)14-9-4-5-10-15-19(22)16-11-6-7-12-17-20(23)24/h4-6,9-11,14-15,18-19,21-22H,2-3,7-8,12-13,16-17H2,1H3,(H,23,24)/b5-4-,11-6-,14-9+,15-10+/t18-,19+/m1/s1. The quantitative estimate of drug-likeness (QED) is 0.253. The van der Waals surface area contributed by atoms with Crippen LogP contribution in [0.25, 0.3) is 0 Å². The number of carboxylic acids is 1. The van der Waals surface area contributed by atoms with Crippen molar-refractivity contribution >= 4 is 5.97 Å². The van der Waals surface area contributed by atoms with E-state index in [1.54, 1.807) is 18.2 Å². The molecule has 0 saturated heterocycles. The lowest BCUT2D eigenvalue weighted by atomic mass is 10.1. The Hall–Kier alpha value is -1.65. The number of aliphatic hydroxyl groups excluding tert-OH is 2. The second kappa shape index (κ2) is 16.2. The molecular weight excluding hydrogens is 304 g/mol. The highest BCUT2D eigenvalue weighted by Gasteiger charge is 1.97. The van der Waals surface area contributed by atoms with Gasteiger partial charge in [-0.2, -0.15) is 0 Å². The van der Waals surface area contributed by atoms with E-state index in [2.05, 4.69) is 6.92 Å². The number of carboxylic acid groups (broad SMARTS) is 1. The van der Waals surface area contributed by atoms with E-state index in [1.165, 1.54) is 0 Å². The first-order valence-corrected chi connectivity index (χ1v) is 8.80. The van der Waals surface area contributed by atoms with Crippen molar-refractivity contribution in [1.29, 1.82) is 0 Å². The molecule has 4 nitrogen and oxygen atoms in total. The van der Waals surface area contributed by atoms with Crippen LogP contribution in [0.1, 0.15) is 58.3 Å². The van der Waals surface area contributed by atoms with Crippen molar-refractivity contribution in [2.45, 2.75) is 70.5 Å². The zero-order chi connectivity index (χ0) is 18.0. The maximum absolute atomic E-state index is 10.3. The van der Waals surface area contributed by atoms with Crippen molar-refractivity contribution in [1.82, 2.24) is 0 Å². The molecule has 0 heterocycles. The molecule has 0 aromatic rings. The molecule has 0 rings (SSSR count). The van der Waals surface area contributed by atoms with Crippen molar-refractivity contribution < 1.29 is 20.1 Å². The fourth-order valence-electron chi connectivity index (χ4n) is 2.02. The minimum Gasteiger partial charge on any atom is -0.481 e. The molecule has 0 saturated carbocycles. The van der Waals surface area contributed by atoms with Gasteiger partial charge in [-0.1, -0.05) is 74.8 Å². The lowest BCUT2D eigenvalue weighted by molar-refractivity contribution is -0.137. The fourth-order valence-corrected chi connectivity index (χ4v) is 2.02. The Morgan fingerprint density at radius 2 is 1.58 bits per heavy atom. The molecule has 136 valence electrons. The predicted octanol–water partition coefficient (Wildman–Crippen LogP) is 4.16. The van der Waals surface area contributed by atoms with Crippen LogP contribution in [0.4, 0.5) is 0 Å². The van der Waals surface area contributed by atoms with Crippen molar-refractivity contribution in [3.63, 3.8) is 0 Å². The summed E-state index contributed by atoms with van der Waals surface area (Å²) in [7, 11) is 0. The number of allylic oxidation sites excluding steroid dienone is 5. The highest BCUT2D eigenvalue weighted by molar-refractivity contribution is 5.66. The molecule has 0 radical (unpaired) electrons. The van der Waals surface area contributed by atoms with Crippen LogP contribution in [0.5, 0.6) is 0 Å². The fraction of sp³-hybridized carbons (Fsp3) is 0.550. The highest BCUT2D eigenvalue weighted by Crippen LogP contribution is 2.04. The summed E-state index contributed by atoms with van der Waals surface area (Å²) in [6.07, 6.45) is 19.7. The Morgan fingerprint density at radius 1 is 0.917 bits per heavy atom. The second-order valence-electron chi connectivity index (χ2n) is 5.78. The number of hydrogen-bond acceptors (Lipinski definition) is 3. The van der Waals surface area contributed by atoms with Gasteiger partial charge >= 0.3 is 5.97 Å². The summed E-state index contributed by atoms with van der Waals surface area (Å²) in [5, 5.41) is 27.9. The molecule has 0 spiro atoms. The summed E-state index contributed by atoms with van der Waals surface area (Å²) < 4.78 is 0. The van der Waals surface area contributed by atoms with Gasteiger partial charge in [-0.25, -0.2) is 0 Å². The zero-order valence-corrected chi connectivity index (χ0v) is 14.7. The summed E-state index contributed by atoms with van der Waals surface area (Å²) in [6.45, 7) is 2.14. The Balaban J connectivity index is 3.80. The van der Waals surface area contributed by atoms with Gasteiger partial charge in [-0.15, -0.1) is 0 Å². The van der Waals surface area contributed by atoms with Crippen molar-refractivity contribution in [2.24, 2.45) is 0 Å². The molecular formula is C20H32O4. The Bertz CT molecular complexity index is 421. The average molecular weight is 336 g/mol. The zero-order valence-electron chi connectivity index (χ0n) is 14.7. The van der Waals surface area contributed by atoms with Crippen molar-refractivity contribution in [3.05, 3.63) is 48.6 Å². The molecule has 0 fully saturated rings. The van der Waals surface area contributed by atoms with Crippen LogP contribution in [0, 0.1) is 0 Å². The molecule has 0 aliphatic heterocycles. The van der Waals surface area contributed by atoms with E-state index in [0.717, 1.165) is 25.7 Å². The third kappa shape index (κ3) is 16.7. The molecule has 3 N–H and O–H groups in total. The van der Waals surface area contributed by atoms with E-state index in [4.69, 9.17) is 5.11 Å². The molecule has 0 bridgehead atoms. The number of unbranched alkanes of at least 4 members (excludes halogenated alkanes) is 3. The molecule has 0 aromatic carbocycles. The van der Waals surface area contributed by atoms with Gasteiger partial charge in [-0.05, 0) is 25.7 Å². The first-order chi connectivity index (χ1) is 11.6. The monoisotopic (exact) mass is 336 g/mol. The molecule has 24 heavy (non-hydrogen) atoms. The van der Waals surface area contributed by atoms with Crippen LogP contribution in [0.15, 0.2) is 48.6 Å². The summed E-state index contributed by atoms with van der Waals surface area (Å²) in [6, 6.07) is 0. The normalized spacial score (nSPS) is 15.1. The van der Waals surface area contributed by atoms with E-state index in [-0.39, 0.29) is 12.5 Å². The first-order valence-electron chi connectivity index (χ1n) is 8.80. The van der Waals surface area contributed by atoms with Gasteiger partial charge in [0.25, 0.3) is 0 Å². The summed E-state index contributed by atoms with van der Waals surface area (Å²) in [5.41, 5.74) is 0. The van der Waals surface area contributed by atoms with E-state index in [9.17, 15) is 15.0 Å². The second-order valence-corrected chi connectivity index (χ2v) is 5.78. The van der Waals surface area contributed by atoms with E-state index < -0.39 is 12.1 Å². The van der Waals surface area contributed by atoms with Crippen LogP contribution in [0.2, 0.25) is 0 Å². The van der Waals surface area contributed by atoms with Gasteiger partial charge in [0.2, 0.25) is 0 Å². The minimum absolute atomic E-state index is 0.179. The summed E-state index contributed by atoms with van der Waals surface area (Å²) in [5.74, 6) is -0.777. The molecule has 2 atom stereocenters. The Morgan fingerprint density at radius 3 is 2.21 bits per heavy atom. The van der Waals surface area contributed by atoms with E-state index in [1.807, 2.05) is 30.4 Å². The number of aliphatic hydroxyl groups is 2. The molecule has 0 aromatic heterocycles. The van der Waals surface area contributed by atoms with E-state index in [0.29, 0.717) is 19.3 Å². The van der Waals surface area contributed by atoms with Crippen LogP contribution >= 0.6 is 0 Å². The van der Waals surface area contributed by atoms with Crippen molar-refractivity contribution in [2.75, 3.05) is 0 Å². The van der Waals surface area contributed by atoms with Gasteiger partial charge in [0.05, 0.1) is 12.2 Å². The van der Waals surface area contributed by atoms with Crippen LogP contribution in [-0.4, -0.2) is 33.5 Å². The third-order valence-electron chi connectivity index (χ3n) is 3.41.